The molecular formula is C18H27N5O4. The van der Waals surface area contributed by atoms with E-state index in [2.05, 4.69) is 15.6 Å². The first-order valence-electron chi connectivity index (χ1n) is 8.76. The summed E-state index contributed by atoms with van der Waals surface area (Å²) in [6, 6.07) is 9.10. The van der Waals surface area contributed by atoms with Gasteiger partial charge in [0.15, 0.2) is 5.96 Å². The third kappa shape index (κ3) is 9.83. The number of carboxylic acids is 1. The van der Waals surface area contributed by atoms with Crippen molar-refractivity contribution in [2.24, 2.45) is 16.5 Å². The topological polar surface area (TPSA) is 160 Å². The number of carboxylic acid groups (broad SMARTS) is 1. The predicted octanol–water partition coefficient (Wildman–Crippen LogP) is -0.0790. The fraction of sp³-hybridized carbons (Fsp3) is 0.444. The minimum absolute atomic E-state index is 0.0433. The van der Waals surface area contributed by atoms with E-state index in [1.54, 1.807) is 0 Å². The Bertz CT molecular complexity index is 644. The Labute approximate surface area is 158 Å². The number of rotatable bonds is 12. The van der Waals surface area contributed by atoms with Gasteiger partial charge in [-0.05, 0) is 18.4 Å². The van der Waals surface area contributed by atoms with E-state index in [9.17, 15) is 14.4 Å². The molecule has 0 aliphatic rings. The van der Waals surface area contributed by atoms with Gasteiger partial charge in [0.05, 0.1) is 12.3 Å². The van der Waals surface area contributed by atoms with Crippen LogP contribution in [-0.2, 0) is 14.4 Å². The molecule has 0 saturated heterocycles. The third-order valence-corrected chi connectivity index (χ3v) is 3.77. The number of hydrogen-bond donors (Lipinski definition) is 5. The normalized spacial score (nSPS) is 11.3. The van der Waals surface area contributed by atoms with Crippen LogP contribution in [0.2, 0.25) is 0 Å². The summed E-state index contributed by atoms with van der Waals surface area (Å²) in [5.41, 5.74) is 11.3. The maximum atomic E-state index is 12.5. The van der Waals surface area contributed by atoms with E-state index in [-0.39, 0.29) is 31.3 Å². The van der Waals surface area contributed by atoms with Gasteiger partial charge in [0.1, 0.15) is 0 Å². The van der Waals surface area contributed by atoms with Gasteiger partial charge in [0, 0.05) is 26.1 Å². The van der Waals surface area contributed by atoms with Gasteiger partial charge in [-0.25, -0.2) is 0 Å². The molecule has 9 heteroatoms. The molecular weight excluding hydrogens is 350 g/mol. The van der Waals surface area contributed by atoms with Crippen molar-refractivity contribution < 1.29 is 19.5 Å². The Kier molecular flexibility index (Phi) is 9.98. The molecule has 0 spiro atoms. The fourth-order valence-corrected chi connectivity index (χ4v) is 2.35. The smallest absolute Gasteiger partial charge is 0.303 e. The Morgan fingerprint density at radius 3 is 2.37 bits per heavy atom. The zero-order valence-corrected chi connectivity index (χ0v) is 15.2. The molecule has 0 heterocycles. The van der Waals surface area contributed by atoms with Crippen LogP contribution in [0.25, 0.3) is 0 Å². The minimum Gasteiger partial charge on any atom is -0.481 e. The summed E-state index contributed by atoms with van der Waals surface area (Å²) in [5.74, 6) is -2.16. The second kappa shape index (κ2) is 12.3. The summed E-state index contributed by atoms with van der Waals surface area (Å²) in [5, 5.41) is 14.1. The maximum absolute atomic E-state index is 12.5. The van der Waals surface area contributed by atoms with Crippen molar-refractivity contribution in [1.82, 2.24) is 10.6 Å². The number of nitrogens with one attached hydrogen (secondary N) is 2. The molecule has 27 heavy (non-hydrogen) atoms. The Hall–Kier alpha value is -3.10. The highest BCUT2D eigenvalue weighted by atomic mass is 16.4. The van der Waals surface area contributed by atoms with Gasteiger partial charge in [-0.1, -0.05) is 30.3 Å². The Morgan fingerprint density at radius 2 is 1.74 bits per heavy atom. The number of aliphatic imine (C=N–C) groups is 1. The molecule has 0 aliphatic heterocycles. The van der Waals surface area contributed by atoms with Crippen molar-refractivity contribution in [3.8, 4) is 0 Å². The largest absolute Gasteiger partial charge is 0.481 e. The second-order valence-corrected chi connectivity index (χ2v) is 5.97. The van der Waals surface area contributed by atoms with E-state index in [1.807, 2.05) is 30.3 Å². The fourth-order valence-electron chi connectivity index (χ4n) is 2.35. The molecule has 2 amide bonds. The number of hydrogen-bond acceptors (Lipinski definition) is 4. The molecule has 1 rings (SSSR count). The van der Waals surface area contributed by atoms with Crippen LogP contribution in [-0.4, -0.2) is 48.5 Å². The third-order valence-electron chi connectivity index (χ3n) is 3.77. The lowest BCUT2D eigenvalue weighted by Gasteiger charge is -2.18. The second-order valence-electron chi connectivity index (χ2n) is 5.97. The lowest BCUT2D eigenvalue weighted by Crippen LogP contribution is -2.38. The molecule has 0 bridgehead atoms. The summed E-state index contributed by atoms with van der Waals surface area (Å²) in [6.07, 6.45) is 1.09. The maximum Gasteiger partial charge on any atom is 0.303 e. The minimum atomic E-state index is -1.04. The van der Waals surface area contributed by atoms with Crippen LogP contribution in [0.4, 0.5) is 0 Å². The summed E-state index contributed by atoms with van der Waals surface area (Å²) >= 11 is 0. The highest BCUT2D eigenvalue weighted by Crippen LogP contribution is 2.15. The molecule has 148 valence electrons. The predicted molar refractivity (Wildman–Crippen MR) is 102 cm³/mol. The van der Waals surface area contributed by atoms with Crippen molar-refractivity contribution in [1.29, 1.82) is 0 Å². The SMILES string of the molecule is NC(N)=NCCCCNC(=O)[C@H](CNC(=O)CCC(=O)O)c1ccccc1. The first-order chi connectivity index (χ1) is 12.9. The zero-order chi connectivity index (χ0) is 20.1. The molecule has 0 saturated carbocycles. The highest BCUT2D eigenvalue weighted by molar-refractivity contribution is 5.85. The number of carbonyl (C=O) groups is 3. The van der Waals surface area contributed by atoms with E-state index >= 15 is 0 Å². The monoisotopic (exact) mass is 377 g/mol. The molecule has 0 radical (unpaired) electrons. The standard InChI is InChI=1S/C18H27N5O4/c19-18(20)22-11-5-4-10-21-17(27)14(13-6-2-1-3-7-13)12-23-15(24)8-9-16(25)26/h1-3,6-7,14H,4-5,8-12H2,(H,21,27)(H,23,24)(H,25,26)(H4,19,20,22)/t14-/m1/s1. The number of carbonyl (C=O) groups excluding carboxylic acids is 2. The van der Waals surface area contributed by atoms with E-state index in [1.165, 1.54) is 0 Å². The number of benzene rings is 1. The van der Waals surface area contributed by atoms with Crippen molar-refractivity contribution >= 4 is 23.7 Å². The molecule has 1 atom stereocenters. The summed E-state index contributed by atoms with van der Waals surface area (Å²) in [4.78, 5) is 38.7. The first kappa shape index (κ1) is 21.9. The number of amides is 2. The summed E-state index contributed by atoms with van der Waals surface area (Å²) in [6.45, 7) is 1.07. The quantitative estimate of drug-likeness (QED) is 0.194. The van der Waals surface area contributed by atoms with E-state index in [4.69, 9.17) is 16.6 Å². The van der Waals surface area contributed by atoms with Crippen LogP contribution < -0.4 is 22.1 Å². The van der Waals surface area contributed by atoms with Crippen LogP contribution in [0.5, 0.6) is 0 Å². The van der Waals surface area contributed by atoms with Crippen molar-refractivity contribution in [2.75, 3.05) is 19.6 Å². The molecule has 0 aromatic heterocycles. The van der Waals surface area contributed by atoms with Gasteiger partial charge in [0.2, 0.25) is 11.8 Å². The van der Waals surface area contributed by atoms with Crippen molar-refractivity contribution in [2.45, 2.75) is 31.6 Å². The Morgan fingerprint density at radius 1 is 1.04 bits per heavy atom. The number of guanidine groups is 1. The van der Waals surface area contributed by atoms with Gasteiger partial charge in [0.25, 0.3) is 0 Å². The molecule has 9 nitrogen and oxygen atoms in total. The van der Waals surface area contributed by atoms with Gasteiger partial charge < -0.3 is 27.2 Å². The van der Waals surface area contributed by atoms with Crippen LogP contribution >= 0.6 is 0 Å². The van der Waals surface area contributed by atoms with Crippen LogP contribution in [0.1, 0.15) is 37.2 Å². The van der Waals surface area contributed by atoms with Crippen LogP contribution in [0, 0.1) is 0 Å². The molecule has 0 aliphatic carbocycles. The lowest BCUT2D eigenvalue weighted by molar-refractivity contribution is -0.139. The van der Waals surface area contributed by atoms with Gasteiger partial charge in [-0.15, -0.1) is 0 Å². The van der Waals surface area contributed by atoms with E-state index < -0.39 is 17.8 Å². The molecule has 7 N–H and O–H groups in total. The van der Waals surface area contributed by atoms with Crippen LogP contribution in [0.3, 0.4) is 0 Å². The number of nitrogens with two attached hydrogens (primary N) is 2. The summed E-state index contributed by atoms with van der Waals surface area (Å²) < 4.78 is 0. The Balaban J connectivity index is 2.53. The van der Waals surface area contributed by atoms with E-state index in [0.29, 0.717) is 13.1 Å². The van der Waals surface area contributed by atoms with Crippen molar-refractivity contribution in [3.63, 3.8) is 0 Å². The first-order valence-corrected chi connectivity index (χ1v) is 8.76. The highest BCUT2D eigenvalue weighted by Gasteiger charge is 2.21. The zero-order valence-electron chi connectivity index (χ0n) is 15.2. The molecule has 0 unspecified atom stereocenters. The van der Waals surface area contributed by atoms with Crippen LogP contribution in [0.15, 0.2) is 35.3 Å². The number of unbranched alkanes of at least 4 members (excludes halogenated alkanes) is 1. The van der Waals surface area contributed by atoms with E-state index in [0.717, 1.165) is 18.4 Å². The molecule has 0 fully saturated rings. The average Bonchev–Trinajstić information content (AvgIpc) is 2.63. The number of aliphatic carboxylic acids is 1. The van der Waals surface area contributed by atoms with Gasteiger partial charge >= 0.3 is 5.97 Å². The average molecular weight is 377 g/mol. The summed E-state index contributed by atoms with van der Waals surface area (Å²) in [7, 11) is 0. The lowest BCUT2D eigenvalue weighted by atomic mass is 9.98. The number of nitrogens with zero attached hydrogens (tertiary/aromatic N) is 1. The molecule has 1 aromatic carbocycles. The van der Waals surface area contributed by atoms with Gasteiger partial charge in [-0.3, -0.25) is 19.4 Å². The van der Waals surface area contributed by atoms with Crippen molar-refractivity contribution in [3.05, 3.63) is 35.9 Å². The van der Waals surface area contributed by atoms with Gasteiger partial charge in [-0.2, -0.15) is 0 Å². The molecule has 1 aromatic rings.